The maximum Gasteiger partial charge on any atom is 0.363 e. The van der Waals surface area contributed by atoms with Crippen LogP contribution in [0.5, 0.6) is 17.2 Å². The van der Waals surface area contributed by atoms with Gasteiger partial charge < -0.3 is 18.9 Å². The molecule has 4 rings (SSSR count). The molecule has 1 aliphatic rings. The number of carbonyl (C=O) groups excluding carboxylic acids is 2. The first-order valence-electron chi connectivity index (χ1n) is 9.45. The third-order valence-corrected chi connectivity index (χ3v) is 4.67. The Hall–Kier alpha value is -4.13. The molecule has 7 nitrogen and oxygen atoms in total. The highest BCUT2D eigenvalue weighted by atomic mass is 16.6. The molecule has 0 amide bonds. The molecule has 3 aromatic carbocycles. The number of benzene rings is 3. The average Bonchev–Trinajstić information content (AvgIpc) is 3.13. The molecule has 31 heavy (non-hydrogen) atoms. The molecule has 0 bridgehead atoms. The topological polar surface area (TPSA) is 83.4 Å². The number of hydrogen-bond acceptors (Lipinski definition) is 7. The molecule has 0 saturated carbocycles. The Morgan fingerprint density at radius 3 is 2.35 bits per heavy atom. The molecular weight excluding hydrogens is 398 g/mol. The Bertz CT molecular complexity index is 1230. The molecule has 1 aliphatic heterocycles. The van der Waals surface area contributed by atoms with Crippen LogP contribution in [-0.2, 0) is 14.3 Å². The molecule has 1 heterocycles. The van der Waals surface area contributed by atoms with Gasteiger partial charge in [0.15, 0.2) is 17.2 Å². The van der Waals surface area contributed by atoms with Crippen LogP contribution in [0, 0.1) is 0 Å². The summed E-state index contributed by atoms with van der Waals surface area (Å²) in [6.45, 7) is 1.28. The van der Waals surface area contributed by atoms with Gasteiger partial charge in [-0.25, -0.2) is 9.79 Å². The van der Waals surface area contributed by atoms with Crippen LogP contribution < -0.4 is 14.2 Å². The fraction of sp³-hybridized carbons (Fsp3) is 0.125. The van der Waals surface area contributed by atoms with Gasteiger partial charge in [0.2, 0.25) is 11.6 Å². The Kier molecular flexibility index (Phi) is 5.41. The normalized spacial score (nSPS) is 14.4. The maximum atomic E-state index is 12.5. The largest absolute Gasteiger partial charge is 0.493 e. The van der Waals surface area contributed by atoms with E-state index in [4.69, 9.17) is 18.9 Å². The standard InChI is InChI=1S/C24H19NO6/c1-14(26)30-22-20(28-2)12-15(13-21(22)29-3)11-19-24(27)31-23(25-19)18-10-6-8-16-7-4-5-9-17(16)18/h4-13H,1-3H3/b19-11-. The number of esters is 2. The highest BCUT2D eigenvalue weighted by Crippen LogP contribution is 2.39. The minimum absolute atomic E-state index is 0.132. The third-order valence-electron chi connectivity index (χ3n) is 4.67. The summed E-state index contributed by atoms with van der Waals surface area (Å²) in [6, 6.07) is 16.8. The Labute approximate surface area is 178 Å². The van der Waals surface area contributed by atoms with Crippen LogP contribution in [-0.4, -0.2) is 32.1 Å². The average molecular weight is 417 g/mol. The zero-order valence-electron chi connectivity index (χ0n) is 17.2. The van der Waals surface area contributed by atoms with Crippen molar-refractivity contribution in [1.29, 1.82) is 0 Å². The second-order valence-electron chi connectivity index (χ2n) is 6.71. The van der Waals surface area contributed by atoms with E-state index in [1.807, 2.05) is 42.5 Å². The van der Waals surface area contributed by atoms with E-state index in [-0.39, 0.29) is 28.8 Å². The van der Waals surface area contributed by atoms with Gasteiger partial charge in [-0.15, -0.1) is 0 Å². The molecule has 0 N–H and O–H groups in total. The summed E-state index contributed by atoms with van der Waals surface area (Å²) in [5.74, 6) is -0.106. The third kappa shape index (κ3) is 3.98. The molecule has 156 valence electrons. The van der Waals surface area contributed by atoms with Crippen molar-refractivity contribution in [2.24, 2.45) is 4.99 Å². The fourth-order valence-corrected chi connectivity index (χ4v) is 3.32. The monoisotopic (exact) mass is 417 g/mol. The molecule has 0 atom stereocenters. The summed E-state index contributed by atoms with van der Waals surface area (Å²) in [5.41, 5.74) is 1.43. The highest BCUT2D eigenvalue weighted by Gasteiger charge is 2.26. The number of hydrogen-bond donors (Lipinski definition) is 0. The van der Waals surface area contributed by atoms with Crippen molar-refractivity contribution >= 4 is 34.7 Å². The molecular formula is C24H19NO6. The quantitative estimate of drug-likeness (QED) is 0.353. The van der Waals surface area contributed by atoms with Crippen molar-refractivity contribution in [3.8, 4) is 17.2 Å². The predicted octanol–water partition coefficient (Wildman–Crippen LogP) is 4.13. The zero-order chi connectivity index (χ0) is 22.0. The molecule has 0 aliphatic carbocycles. The van der Waals surface area contributed by atoms with Crippen molar-refractivity contribution in [2.45, 2.75) is 6.92 Å². The van der Waals surface area contributed by atoms with E-state index in [9.17, 15) is 9.59 Å². The van der Waals surface area contributed by atoms with Crippen molar-refractivity contribution < 1.29 is 28.5 Å². The lowest BCUT2D eigenvalue weighted by Crippen LogP contribution is -2.06. The second-order valence-corrected chi connectivity index (χ2v) is 6.71. The maximum absolute atomic E-state index is 12.5. The van der Waals surface area contributed by atoms with Gasteiger partial charge in [-0.1, -0.05) is 36.4 Å². The number of nitrogens with zero attached hydrogens (tertiary/aromatic N) is 1. The number of fused-ring (bicyclic) bond motifs is 1. The van der Waals surface area contributed by atoms with E-state index < -0.39 is 11.9 Å². The number of rotatable bonds is 5. The Morgan fingerprint density at radius 1 is 1.00 bits per heavy atom. The van der Waals surface area contributed by atoms with Crippen LogP contribution in [0.1, 0.15) is 18.1 Å². The minimum atomic E-state index is -0.565. The Balaban J connectivity index is 1.76. The van der Waals surface area contributed by atoms with E-state index in [1.165, 1.54) is 21.1 Å². The van der Waals surface area contributed by atoms with Crippen LogP contribution in [0.15, 0.2) is 65.3 Å². The lowest BCUT2D eigenvalue weighted by Gasteiger charge is -2.13. The molecule has 0 fully saturated rings. The summed E-state index contributed by atoms with van der Waals surface area (Å²) in [7, 11) is 2.89. The number of methoxy groups -OCH3 is 2. The molecule has 0 unspecified atom stereocenters. The molecule has 3 aromatic rings. The van der Waals surface area contributed by atoms with Gasteiger partial charge in [0.05, 0.1) is 14.2 Å². The smallest absolute Gasteiger partial charge is 0.363 e. The van der Waals surface area contributed by atoms with Gasteiger partial charge >= 0.3 is 11.9 Å². The lowest BCUT2D eigenvalue weighted by atomic mass is 10.0. The van der Waals surface area contributed by atoms with Crippen molar-refractivity contribution in [3.63, 3.8) is 0 Å². The first-order chi connectivity index (χ1) is 15.0. The van der Waals surface area contributed by atoms with Gasteiger partial charge in [0, 0.05) is 12.5 Å². The molecule has 0 saturated heterocycles. The summed E-state index contributed by atoms with van der Waals surface area (Å²) >= 11 is 0. The van der Waals surface area contributed by atoms with E-state index in [1.54, 1.807) is 18.2 Å². The summed E-state index contributed by atoms with van der Waals surface area (Å²) in [5, 5.41) is 1.96. The van der Waals surface area contributed by atoms with Crippen LogP contribution in [0.4, 0.5) is 0 Å². The van der Waals surface area contributed by atoms with Crippen LogP contribution in [0.2, 0.25) is 0 Å². The highest BCUT2D eigenvalue weighted by molar-refractivity contribution is 6.17. The van der Waals surface area contributed by atoms with Gasteiger partial charge in [0.1, 0.15) is 0 Å². The molecule has 7 heteroatoms. The van der Waals surface area contributed by atoms with Gasteiger partial charge in [-0.3, -0.25) is 4.79 Å². The molecule has 0 radical (unpaired) electrons. The zero-order valence-corrected chi connectivity index (χ0v) is 17.2. The number of ether oxygens (including phenoxy) is 4. The summed E-state index contributed by atoms with van der Waals surface area (Å²) < 4.78 is 21.3. The van der Waals surface area contributed by atoms with E-state index in [2.05, 4.69) is 4.99 Å². The first-order valence-corrected chi connectivity index (χ1v) is 9.45. The van der Waals surface area contributed by atoms with Gasteiger partial charge in [0.25, 0.3) is 0 Å². The van der Waals surface area contributed by atoms with E-state index in [0.29, 0.717) is 5.56 Å². The number of cyclic esters (lactones) is 1. The summed E-state index contributed by atoms with van der Waals surface area (Å²) in [6.07, 6.45) is 1.56. The molecule has 0 aromatic heterocycles. The number of aliphatic imine (C=N–C) groups is 1. The van der Waals surface area contributed by atoms with Crippen LogP contribution >= 0.6 is 0 Å². The van der Waals surface area contributed by atoms with Gasteiger partial charge in [-0.2, -0.15) is 0 Å². The van der Waals surface area contributed by atoms with Crippen LogP contribution in [0.3, 0.4) is 0 Å². The van der Waals surface area contributed by atoms with Crippen LogP contribution in [0.25, 0.3) is 16.8 Å². The van der Waals surface area contributed by atoms with Crippen molar-refractivity contribution in [1.82, 2.24) is 0 Å². The SMILES string of the molecule is COc1cc(/C=C2\N=C(c3cccc4ccccc34)OC2=O)cc(OC)c1OC(C)=O. The Morgan fingerprint density at radius 2 is 1.68 bits per heavy atom. The second kappa shape index (κ2) is 8.31. The predicted molar refractivity (Wildman–Crippen MR) is 115 cm³/mol. The number of carbonyl (C=O) groups is 2. The summed E-state index contributed by atoms with van der Waals surface area (Å²) in [4.78, 5) is 28.3. The van der Waals surface area contributed by atoms with Crippen molar-refractivity contribution in [2.75, 3.05) is 14.2 Å². The lowest BCUT2D eigenvalue weighted by molar-refractivity contribution is -0.132. The first kappa shape index (κ1) is 20.2. The van der Waals surface area contributed by atoms with Crippen molar-refractivity contribution in [3.05, 3.63) is 71.4 Å². The fourth-order valence-electron chi connectivity index (χ4n) is 3.32. The molecule has 0 spiro atoms. The van der Waals surface area contributed by atoms with Gasteiger partial charge in [-0.05, 0) is 40.6 Å². The van der Waals surface area contributed by atoms with E-state index in [0.717, 1.165) is 16.3 Å². The minimum Gasteiger partial charge on any atom is -0.493 e. The van der Waals surface area contributed by atoms with E-state index >= 15 is 0 Å².